The van der Waals surface area contributed by atoms with Crippen LogP contribution in [0.5, 0.6) is 0 Å². The summed E-state index contributed by atoms with van der Waals surface area (Å²) in [5, 5.41) is 0.431. The number of amides is 1. The zero-order valence-corrected chi connectivity index (χ0v) is 21.2. The van der Waals surface area contributed by atoms with Gasteiger partial charge in [-0.2, -0.15) is 4.39 Å². The maximum Gasteiger partial charge on any atom is 0.423 e. The van der Waals surface area contributed by atoms with E-state index in [2.05, 4.69) is 15.9 Å². The van der Waals surface area contributed by atoms with Gasteiger partial charge in [0.25, 0.3) is 11.6 Å². The number of carbonyl (C=O) groups excluding carboxylic acids is 1. The summed E-state index contributed by atoms with van der Waals surface area (Å²) in [6.45, 7) is 1.01. The van der Waals surface area contributed by atoms with Crippen LogP contribution >= 0.6 is 27.7 Å². The number of nitrogens with zero attached hydrogens (tertiary/aromatic N) is 2. The normalized spacial score (nSPS) is 15.3. The molecule has 1 N–H and O–H groups in total. The number of oxazole rings is 1. The molecule has 3 heterocycles. The van der Waals surface area contributed by atoms with E-state index in [4.69, 9.17) is 8.83 Å². The number of sulfonamides is 1. The van der Waals surface area contributed by atoms with E-state index in [-0.39, 0.29) is 23.7 Å². The van der Waals surface area contributed by atoms with Crippen LogP contribution in [0.25, 0.3) is 17.4 Å². The van der Waals surface area contributed by atoms with Gasteiger partial charge in [-0.3, -0.25) is 9.52 Å². The third kappa shape index (κ3) is 5.46. The predicted octanol–water partition coefficient (Wildman–Crippen LogP) is 2.09. The Morgan fingerprint density at radius 1 is 1.29 bits per heavy atom. The summed E-state index contributed by atoms with van der Waals surface area (Å²) in [6, 6.07) is 5.21. The number of hydrogen-bond acceptors (Lipinski definition) is 10. The van der Waals surface area contributed by atoms with Crippen molar-refractivity contribution < 1.29 is 44.0 Å². The van der Waals surface area contributed by atoms with E-state index in [1.807, 2.05) is 4.72 Å². The molecule has 0 atom stereocenters. The van der Waals surface area contributed by atoms with E-state index in [1.165, 1.54) is 17.8 Å². The fourth-order valence-corrected chi connectivity index (χ4v) is 6.22. The summed E-state index contributed by atoms with van der Waals surface area (Å²) in [7, 11) is -8.73. The Hall–Kier alpha value is -2.40. The first-order chi connectivity index (χ1) is 15.8. The molecule has 3 aromatic rings. The lowest BCUT2D eigenvalue weighted by Crippen LogP contribution is -2.39. The van der Waals surface area contributed by atoms with E-state index in [1.54, 1.807) is 23.1 Å². The number of anilines is 1. The van der Waals surface area contributed by atoms with Gasteiger partial charge in [0.2, 0.25) is 21.8 Å². The lowest BCUT2D eigenvalue weighted by atomic mass is 10.3. The van der Waals surface area contributed by atoms with Gasteiger partial charge in [0.05, 0.1) is 28.6 Å². The maximum absolute atomic E-state index is 13.5. The number of carbonyl (C=O) groups is 1. The van der Waals surface area contributed by atoms with Crippen molar-refractivity contribution in [2.45, 2.75) is 17.7 Å². The molecule has 0 fully saturated rings. The highest BCUT2D eigenvalue weighted by Crippen LogP contribution is 2.47. The van der Waals surface area contributed by atoms with Crippen LogP contribution in [-0.2, 0) is 30.8 Å². The zero-order chi connectivity index (χ0) is 24.8. The highest BCUT2D eigenvalue weighted by atomic mass is 79.9. The van der Waals surface area contributed by atoms with E-state index in [0.29, 0.717) is 10.7 Å². The van der Waals surface area contributed by atoms with E-state index in [9.17, 15) is 30.6 Å². The summed E-state index contributed by atoms with van der Waals surface area (Å²) in [5.74, 6) is -2.36. The average Bonchev–Trinajstić information content (AvgIpc) is 3.30. The second kappa shape index (κ2) is 8.99. The van der Waals surface area contributed by atoms with Crippen molar-refractivity contribution in [3.63, 3.8) is 0 Å². The minimum Gasteiger partial charge on any atom is -0.743 e. The number of thioether (sulfide) groups is 1. The molecule has 0 saturated carbocycles. The van der Waals surface area contributed by atoms with Crippen LogP contribution in [-0.4, -0.2) is 39.6 Å². The molecule has 0 unspecified atom stereocenters. The average molecular weight is 596 g/mol. The number of benzene rings is 1. The number of aromatic nitrogens is 1. The van der Waals surface area contributed by atoms with Crippen LogP contribution in [0.2, 0.25) is 0 Å². The first-order valence-electron chi connectivity index (χ1n) is 9.34. The van der Waals surface area contributed by atoms with Gasteiger partial charge in [-0.25, -0.2) is 16.8 Å². The largest absolute Gasteiger partial charge is 0.743 e. The van der Waals surface area contributed by atoms with Gasteiger partial charge < -0.3 is 18.3 Å². The van der Waals surface area contributed by atoms with Crippen molar-refractivity contribution in [2.24, 2.45) is 0 Å². The van der Waals surface area contributed by atoms with E-state index < -0.39 is 43.7 Å². The molecule has 0 saturated heterocycles. The van der Waals surface area contributed by atoms with Gasteiger partial charge in [0.15, 0.2) is 10.1 Å². The summed E-state index contributed by atoms with van der Waals surface area (Å²) >= 11 is 4.60. The van der Waals surface area contributed by atoms with Gasteiger partial charge in [0, 0.05) is 22.8 Å². The second-order valence-corrected chi connectivity index (χ2v) is 12.3. The Kier molecular flexibility index (Phi) is 6.54. The van der Waals surface area contributed by atoms with Crippen LogP contribution in [0.15, 0.2) is 47.5 Å². The van der Waals surface area contributed by atoms with Crippen molar-refractivity contribution in [2.75, 3.05) is 17.2 Å². The summed E-state index contributed by atoms with van der Waals surface area (Å²) in [6.07, 6.45) is 1.39. The number of furan rings is 1. The van der Waals surface area contributed by atoms with Gasteiger partial charge in [-0.05, 0) is 18.2 Å². The molecular weight excluding hydrogens is 581 g/mol. The van der Waals surface area contributed by atoms with Gasteiger partial charge >= 0.3 is 11.6 Å². The highest BCUT2D eigenvalue weighted by Gasteiger charge is 2.32. The Morgan fingerprint density at radius 2 is 2.03 bits per heavy atom. The molecule has 4 rings (SSSR count). The quantitative estimate of drug-likeness (QED) is 0.317. The van der Waals surface area contributed by atoms with Crippen molar-refractivity contribution in [1.82, 2.24) is 4.72 Å². The van der Waals surface area contributed by atoms with Crippen LogP contribution < -0.4 is 14.2 Å². The Labute approximate surface area is 205 Å². The van der Waals surface area contributed by atoms with Crippen molar-refractivity contribution in [1.29, 1.82) is 0 Å². The van der Waals surface area contributed by atoms with E-state index >= 15 is 0 Å². The number of halogens is 2. The number of hydrogen-bond donors (Lipinski definition) is 1. The molecule has 16 heteroatoms. The SMILES string of the molecule is CC(=O)NS(=O)(=O)CCN1C(=Cc2oc3cc(F)oc3[n+]2CS(=O)(=O)[O-])Sc2ccc(Br)cc21. The molecular formula is C18H15BrFN3O8S3. The first-order valence-corrected chi connectivity index (χ1v) is 14.2. The van der Waals surface area contributed by atoms with Crippen LogP contribution in [0, 0.1) is 6.01 Å². The lowest BCUT2D eigenvalue weighted by molar-refractivity contribution is -0.665. The Balaban J connectivity index is 1.77. The molecule has 1 aliphatic rings. The number of nitrogens with one attached hydrogen (secondary N) is 1. The molecule has 1 aliphatic heterocycles. The molecule has 2 aromatic heterocycles. The third-order valence-electron chi connectivity index (χ3n) is 4.48. The second-order valence-electron chi connectivity index (χ2n) is 7.10. The lowest BCUT2D eigenvalue weighted by Gasteiger charge is -2.20. The van der Waals surface area contributed by atoms with Crippen molar-refractivity contribution >= 4 is 76.8 Å². The molecule has 1 amide bonds. The first kappa shape index (κ1) is 24.7. The van der Waals surface area contributed by atoms with Gasteiger partial charge in [0.1, 0.15) is 0 Å². The van der Waals surface area contributed by atoms with Gasteiger partial charge in [-0.1, -0.05) is 27.7 Å². The Bertz CT molecular complexity index is 1550. The van der Waals surface area contributed by atoms with Crippen molar-refractivity contribution in [3.05, 3.63) is 45.7 Å². The molecule has 0 radical (unpaired) electrons. The molecule has 34 heavy (non-hydrogen) atoms. The number of fused-ring (bicyclic) bond motifs is 2. The van der Waals surface area contributed by atoms with Crippen LogP contribution in [0.4, 0.5) is 10.1 Å². The molecule has 0 spiro atoms. The highest BCUT2D eigenvalue weighted by molar-refractivity contribution is 9.10. The zero-order valence-electron chi connectivity index (χ0n) is 17.1. The standard InChI is InChI=1S/C18H15BrFN3O8S3/c1-10(24)21-33(25,26)5-4-22-12-6-11(19)2-3-14(12)32-17(22)8-16-23(9-34(27,28)29)18-13(30-16)7-15(20)31-18/h2-3,6-8H,4-5,9H2,1H3,(H-,21,24,27,28,29). The predicted molar refractivity (Wildman–Crippen MR) is 121 cm³/mol. The number of rotatable bonds is 7. The van der Waals surface area contributed by atoms with Crippen LogP contribution in [0.1, 0.15) is 12.8 Å². The minimum absolute atomic E-state index is 0.0732. The Morgan fingerprint density at radius 3 is 2.71 bits per heavy atom. The maximum atomic E-state index is 13.5. The summed E-state index contributed by atoms with van der Waals surface area (Å²) in [4.78, 5) is 13.6. The fraction of sp³-hybridized carbons (Fsp3) is 0.222. The van der Waals surface area contributed by atoms with Crippen LogP contribution in [0.3, 0.4) is 0 Å². The molecule has 182 valence electrons. The summed E-state index contributed by atoms with van der Waals surface area (Å²) in [5.41, 5.74) is 0.246. The smallest absolute Gasteiger partial charge is 0.423 e. The fourth-order valence-electron chi connectivity index (χ4n) is 3.25. The molecule has 1 aromatic carbocycles. The third-order valence-corrected chi connectivity index (χ3v) is 7.98. The molecule has 0 aliphatic carbocycles. The molecule has 11 nitrogen and oxygen atoms in total. The van der Waals surface area contributed by atoms with E-state index in [0.717, 1.165) is 26.9 Å². The topological polar surface area (TPSA) is 154 Å². The monoisotopic (exact) mass is 595 g/mol. The summed E-state index contributed by atoms with van der Waals surface area (Å²) < 4.78 is 86.0. The van der Waals surface area contributed by atoms with Crippen molar-refractivity contribution in [3.8, 4) is 0 Å². The minimum atomic E-state index is -4.80. The van der Waals surface area contributed by atoms with Gasteiger partial charge in [-0.15, -0.1) is 4.57 Å². The molecule has 0 bridgehead atoms.